The van der Waals surface area contributed by atoms with Gasteiger partial charge in [-0.15, -0.1) is 0 Å². The molecule has 0 aromatic heterocycles. The van der Waals surface area contributed by atoms with Crippen LogP contribution in [0.1, 0.15) is 24.0 Å². The first-order chi connectivity index (χ1) is 10.1. The quantitative estimate of drug-likeness (QED) is 0.839. The summed E-state index contributed by atoms with van der Waals surface area (Å²) in [5.74, 6) is 0. The van der Waals surface area contributed by atoms with Gasteiger partial charge >= 0.3 is 0 Å². The second kappa shape index (κ2) is 6.20. The van der Waals surface area contributed by atoms with Crippen molar-refractivity contribution in [2.45, 2.75) is 32.4 Å². The van der Waals surface area contributed by atoms with Crippen molar-refractivity contribution >= 4 is 27.3 Å². The van der Waals surface area contributed by atoms with Crippen molar-refractivity contribution < 1.29 is 0 Å². The van der Waals surface area contributed by atoms with Crippen LogP contribution in [0, 0.1) is 6.92 Å². The number of aryl methyl sites for hydroxylation is 1. The summed E-state index contributed by atoms with van der Waals surface area (Å²) in [6.45, 7) is 3.06. The second-order valence-corrected chi connectivity index (χ2v) is 6.68. The van der Waals surface area contributed by atoms with Gasteiger partial charge in [-0.2, -0.15) is 0 Å². The topological polar surface area (TPSA) is 15.3 Å². The molecule has 1 fully saturated rings. The number of hydrogen-bond acceptors (Lipinski definition) is 2. The molecule has 3 heteroatoms. The highest BCUT2D eigenvalue weighted by molar-refractivity contribution is 9.10. The zero-order chi connectivity index (χ0) is 14.8. The summed E-state index contributed by atoms with van der Waals surface area (Å²) in [6.07, 6.45) is 2.65. The lowest BCUT2D eigenvalue weighted by atomic mass is 10.1. The fourth-order valence-corrected chi connectivity index (χ4v) is 2.85. The maximum atomic E-state index is 3.70. The molecule has 0 radical (unpaired) electrons. The van der Waals surface area contributed by atoms with E-state index in [9.17, 15) is 0 Å². The fourth-order valence-electron chi connectivity index (χ4n) is 2.35. The molecule has 1 aliphatic rings. The summed E-state index contributed by atoms with van der Waals surface area (Å²) >= 11 is 3.70. The smallest absolute Gasteiger partial charge is 0.0419 e. The molecule has 0 unspecified atom stereocenters. The maximum Gasteiger partial charge on any atom is 0.0419 e. The van der Waals surface area contributed by atoms with Crippen LogP contribution < -0.4 is 10.2 Å². The summed E-state index contributed by atoms with van der Waals surface area (Å²) in [5.41, 5.74) is 5.01. The highest BCUT2D eigenvalue weighted by Gasteiger charge is 2.20. The largest absolute Gasteiger partial charge is 0.345 e. The molecule has 2 aromatic rings. The minimum atomic E-state index is 0.742. The minimum absolute atomic E-state index is 0.742. The molecule has 1 saturated carbocycles. The van der Waals surface area contributed by atoms with Crippen molar-refractivity contribution in [2.75, 3.05) is 11.9 Å². The van der Waals surface area contributed by atoms with Gasteiger partial charge in [0.05, 0.1) is 0 Å². The normalized spacial score (nSPS) is 14.2. The Kier molecular flexibility index (Phi) is 4.32. The molecule has 1 aliphatic carbocycles. The third kappa shape index (κ3) is 3.66. The lowest BCUT2D eigenvalue weighted by molar-refractivity contribution is 0.686. The molecule has 21 heavy (non-hydrogen) atoms. The number of rotatable bonds is 5. The van der Waals surface area contributed by atoms with Gasteiger partial charge in [-0.3, -0.25) is 0 Å². The van der Waals surface area contributed by atoms with E-state index >= 15 is 0 Å². The first-order valence-electron chi connectivity index (χ1n) is 7.46. The van der Waals surface area contributed by atoms with Crippen LogP contribution in [0.25, 0.3) is 0 Å². The van der Waals surface area contributed by atoms with Crippen LogP contribution in [0.3, 0.4) is 0 Å². The van der Waals surface area contributed by atoms with E-state index in [0.29, 0.717) is 0 Å². The second-order valence-electron chi connectivity index (χ2n) is 5.83. The molecule has 1 N–H and O–H groups in total. The van der Waals surface area contributed by atoms with Crippen molar-refractivity contribution in [2.24, 2.45) is 0 Å². The van der Waals surface area contributed by atoms with Crippen molar-refractivity contribution in [1.29, 1.82) is 0 Å². The molecule has 0 atom stereocenters. The molecule has 0 amide bonds. The Labute approximate surface area is 135 Å². The fraction of sp³-hybridized carbons (Fsp3) is 0.333. The van der Waals surface area contributed by atoms with Gasteiger partial charge in [0.25, 0.3) is 0 Å². The van der Waals surface area contributed by atoms with Gasteiger partial charge in [-0.25, -0.2) is 0 Å². The SMILES string of the molecule is Cc1ccc(N(C)c2ccc(CNC3CC3)c(Br)c2)cc1. The van der Waals surface area contributed by atoms with Gasteiger partial charge in [0.1, 0.15) is 0 Å². The Morgan fingerprint density at radius 1 is 1.10 bits per heavy atom. The molecule has 0 aliphatic heterocycles. The lowest BCUT2D eigenvalue weighted by Crippen LogP contribution is -2.16. The van der Waals surface area contributed by atoms with Crippen LogP contribution in [-0.2, 0) is 6.54 Å². The molecule has 2 aromatic carbocycles. The third-order valence-corrected chi connectivity index (χ3v) is 4.74. The van der Waals surface area contributed by atoms with Gasteiger partial charge < -0.3 is 10.2 Å². The van der Waals surface area contributed by atoms with Gasteiger partial charge in [0.15, 0.2) is 0 Å². The Morgan fingerprint density at radius 3 is 2.38 bits per heavy atom. The molecule has 110 valence electrons. The molecule has 0 saturated heterocycles. The molecule has 3 rings (SSSR count). The number of benzene rings is 2. The average Bonchev–Trinajstić information content (AvgIpc) is 3.30. The van der Waals surface area contributed by atoms with Gasteiger partial charge in [-0.05, 0) is 49.6 Å². The van der Waals surface area contributed by atoms with Crippen molar-refractivity contribution in [1.82, 2.24) is 5.32 Å². The standard InChI is InChI=1S/C18H21BrN2/c1-13-3-8-16(9-4-13)21(2)17-10-5-14(18(19)11-17)12-20-15-6-7-15/h3-5,8-11,15,20H,6-7,12H2,1-2H3. The Balaban J connectivity index is 1.75. The molecule has 0 spiro atoms. The third-order valence-electron chi connectivity index (χ3n) is 4.00. The predicted octanol–water partition coefficient (Wildman–Crippen LogP) is 4.78. The zero-order valence-electron chi connectivity index (χ0n) is 12.6. The van der Waals surface area contributed by atoms with Crippen LogP contribution in [-0.4, -0.2) is 13.1 Å². The molecular formula is C18H21BrN2. The highest BCUT2D eigenvalue weighted by atomic mass is 79.9. The lowest BCUT2D eigenvalue weighted by Gasteiger charge is -2.21. The van der Waals surface area contributed by atoms with Crippen LogP contribution in [0.15, 0.2) is 46.9 Å². The van der Waals surface area contributed by atoms with Crippen LogP contribution in [0.4, 0.5) is 11.4 Å². The Bertz CT molecular complexity index is 618. The van der Waals surface area contributed by atoms with E-state index in [1.165, 1.54) is 39.8 Å². The predicted molar refractivity (Wildman–Crippen MR) is 93.2 cm³/mol. The summed E-state index contributed by atoms with van der Waals surface area (Å²) in [5, 5.41) is 3.56. The summed E-state index contributed by atoms with van der Waals surface area (Å²) in [6, 6.07) is 15.9. The van der Waals surface area contributed by atoms with E-state index < -0.39 is 0 Å². The minimum Gasteiger partial charge on any atom is -0.345 e. The van der Waals surface area contributed by atoms with Gasteiger partial charge in [-0.1, -0.05) is 39.7 Å². The first kappa shape index (κ1) is 14.6. The number of nitrogens with zero attached hydrogens (tertiary/aromatic N) is 1. The van der Waals surface area contributed by atoms with E-state index in [0.717, 1.165) is 12.6 Å². The maximum absolute atomic E-state index is 3.70. The number of halogens is 1. The van der Waals surface area contributed by atoms with E-state index in [1.807, 2.05) is 0 Å². The van der Waals surface area contributed by atoms with E-state index in [1.54, 1.807) is 0 Å². The van der Waals surface area contributed by atoms with Crippen LogP contribution in [0.5, 0.6) is 0 Å². The average molecular weight is 345 g/mol. The summed E-state index contributed by atoms with van der Waals surface area (Å²) < 4.78 is 1.17. The molecule has 0 bridgehead atoms. The van der Waals surface area contributed by atoms with Crippen LogP contribution in [0.2, 0.25) is 0 Å². The van der Waals surface area contributed by atoms with E-state index in [-0.39, 0.29) is 0 Å². The van der Waals surface area contributed by atoms with E-state index in [2.05, 4.69) is 82.6 Å². The molecule has 0 heterocycles. The molecule has 2 nitrogen and oxygen atoms in total. The monoisotopic (exact) mass is 344 g/mol. The number of anilines is 2. The summed E-state index contributed by atoms with van der Waals surface area (Å²) in [7, 11) is 2.11. The van der Waals surface area contributed by atoms with Crippen molar-refractivity contribution in [3.8, 4) is 0 Å². The zero-order valence-corrected chi connectivity index (χ0v) is 14.2. The van der Waals surface area contributed by atoms with Gasteiger partial charge in [0.2, 0.25) is 0 Å². The van der Waals surface area contributed by atoms with E-state index in [4.69, 9.17) is 0 Å². The van der Waals surface area contributed by atoms with Crippen molar-refractivity contribution in [3.63, 3.8) is 0 Å². The molecular weight excluding hydrogens is 324 g/mol. The number of hydrogen-bond donors (Lipinski definition) is 1. The number of nitrogens with one attached hydrogen (secondary N) is 1. The summed E-state index contributed by atoms with van der Waals surface area (Å²) in [4.78, 5) is 2.21. The van der Waals surface area contributed by atoms with Crippen LogP contribution >= 0.6 is 15.9 Å². The Morgan fingerprint density at radius 2 is 1.76 bits per heavy atom. The highest BCUT2D eigenvalue weighted by Crippen LogP contribution is 2.29. The Hall–Kier alpha value is -1.32. The first-order valence-corrected chi connectivity index (χ1v) is 8.25. The van der Waals surface area contributed by atoms with Gasteiger partial charge in [0, 0.05) is 35.5 Å². The van der Waals surface area contributed by atoms with Crippen molar-refractivity contribution in [3.05, 3.63) is 58.1 Å².